The average Bonchev–Trinajstić information content (AvgIpc) is 3.23. The molecule has 5 nitrogen and oxygen atoms in total. The van der Waals surface area contributed by atoms with Crippen molar-refractivity contribution in [3.8, 4) is 22.8 Å². The number of ether oxygens (including phenoxy) is 1. The van der Waals surface area contributed by atoms with Crippen LogP contribution in [0.2, 0.25) is 0 Å². The van der Waals surface area contributed by atoms with E-state index >= 15 is 0 Å². The average molecular weight is 370 g/mol. The van der Waals surface area contributed by atoms with Gasteiger partial charge in [-0.1, -0.05) is 48.0 Å². The molecule has 0 aliphatic carbocycles. The zero-order valence-corrected chi connectivity index (χ0v) is 15.3. The third-order valence-corrected chi connectivity index (χ3v) is 4.30. The van der Waals surface area contributed by atoms with Crippen LogP contribution in [0.4, 0.5) is 0 Å². The molecule has 2 heterocycles. The van der Waals surface area contributed by atoms with Crippen molar-refractivity contribution in [1.82, 2.24) is 9.97 Å². The minimum atomic E-state index is -0.448. The molecule has 0 N–H and O–H groups in total. The Morgan fingerprint density at radius 1 is 0.964 bits per heavy atom. The summed E-state index contributed by atoms with van der Waals surface area (Å²) < 4.78 is 11.3. The summed E-state index contributed by atoms with van der Waals surface area (Å²) >= 11 is 0. The van der Waals surface area contributed by atoms with Gasteiger partial charge in [0.05, 0.1) is 23.0 Å². The number of nitrogens with zero attached hydrogens (tertiary/aromatic N) is 2. The highest BCUT2D eigenvalue weighted by molar-refractivity contribution is 5.96. The predicted octanol–water partition coefficient (Wildman–Crippen LogP) is 5.07. The topological polar surface area (TPSA) is 65.2 Å². The van der Waals surface area contributed by atoms with E-state index in [4.69, 9.17) is 9.15 Å². The Morgan fingerprint density at radius 2 is 1.75 bits per heavy atom. The lowest BCUT2D eigenvalue weighted by atomic mass is 10.1. The molecule has 28 heavy (non-hydrogen) atoms. The van der Waals surface area contributed by atoms with E-state index in [1.807, 2.05) is 49.4 Å². The monoisotopic (exact) mass is 370 g/mol. The van der Waals surface area contributed by atoms with Crippen LogP contribution < -0.4 is 0 Å². The van der Waals surface area contributed by atoms with E-state index in [1.54, 1.807) is 36.7 Å². The van der Waals surface area contributed by atoms with Crippen LogP contribution in [-0.2, 0) is 11.3 Å². The lowest BCUT2D eigenvalue weighted by Crippen LogP contribution is -2.07. The first-order valence-electron chi connectivity index (χ1n) is 8.90. The summed E-state index contributed by atoms with van der Waals surface area (Å²) in [6, 6.07) is 20.6. The van der Waals surface area contributed by atoms with Gasteiger partial charge in [-0.05, 0) is 31.2 Å². The number of esters is 1. The number of rotatable bonds is 5. The number of carbonyl (C=O) groups is 1. The summed E-state index contributed by atoms with van der Waals surface area (Å²) in [6.07, 6.45) is 3.33. The van der Waals surface area contributed by atoms with Crippen molar-refractivity contribution < 1.29 is 13.9 Å². The van der Waals surface area contributed by atoms with Gasteiger partial charge in [0, 0.05) is 11.8 Å². The Labute approximate surface area is 162 Å². The molecule has 0 fully saturated rings. The normalized spacial score (nSPS) is 10.6. The predicted molar refractivity (Wildman–Crippen MR) is 105 cm³/mol. The summed E-state index contributed by atoms with van der Waals surface area (Å²) in [6.45, 7) is 2.14. The quantitative estimate of drug-likeness (QED) is 0.459. The van der Waals surface area contributed by atoms with Crippen LogP contribution in [0.5, 0.6) is 0 Å². The van der Waals surface area contributed by atoms with Crippen LogP contribution in [0.15, 0.2) is 83.5 Å². The molecule has 4 rings (SSSR count). The van der Waals surface area contributed by atoms with Crippen LogP contribution in [0.3, 0.4) is 0 Å². The molecule has 2 aromatic carbocycles. The third-order valence-electron chi connectivity index (χ3n) is 4.30. The van der Waals surface area contributed by atoms with Gasteiger partial charge >= 0.3 is 5.97 Å². The second-order valence-corrected chi connectivity index (χ2v) is 6.34. The Balaban J connectivity index is 1.58. The second kappa shape index (κ2) is 7.88. The molecular weight excluding hydrogens is 352 g/mol. The van der Waals surface area contributed by atoms with Gasteiger partial charge in [-0.15, -0.1) is 0 Å². The molecule has 0 spiro atoms. The molecule has 0 radical (unpaired) electrons. The number of benzene rings is 2. The first-order valence-corrected chi connectivity index (χ1v) is 8.90. The first kappa shape index (κ1) is 17.7. The maximum Gasteiger partial charge on any atom is 0.339 e. The molecule has 0 saturated heterocycles. The molecule has 2 aromatic heterocycles. The number of carbonyl (C=O) groups excluding carboxylic acids is 1. The van der Waals surface area contributed by atoms with E-state index in [2.05, 4.69) is 9.97 Å². The van der Waals surface area contributed by atoms with Crippen LogP contribution in [0.25, 0.3) is 22.8 Å². The molecule has 0 amide bonds. The zero-order chi connectivity index (χ0) is 19.3. The zero-order valence-electron chi connectivity index (χ0n) is 15.3. The fourth-order valence-electron chi connectivity index (χ4n) is 2.80. The SMILES string of the molecule is Cc1ccc(-c2cnc(-c3ccccc3C(=O)OCc3ccccn3)o2)cc1. The molecule has 0 atom stereocenters. The first-order chi connectivity index (χ1) is 13.7. The Kier molecular flexibility index (Phi) is 4.97. The van der Waals surface area contributed by atoms with Crippen molar-refractivity contribution >= 4 is 5.97 Å². The maximum absolute atomic E-state index is 12.6. The van der Waals surface area contributed by atoms with E-state index in [1.165, 1.54) is 5.56 Å². The van der Waals surface area contributed by atoms with Crippen molar-refractivity contribution in [2.45, 2.75) is 13.5 Å². The smallest absolute Gasteiger partial charge is 0.339 e. The van der Waals surface area contributed by atoms with Crippen LogP contribution >= 0.6 is 0 Å². The highest BCUT2D eigenvalue weighted by atomic mass is 16.5. The summed E-state index contributed by atoms with van der Waals surface area (Å²) in [5.41, 5.74) is 3.78. The van der Waals surface area contributed by atoms with E-state index in [0.29, 0.717) is 28.5 Å². The molecular formula is C23H18N2O3. The van der Waals surface area contributed by atoms with Gasteiger partial charge in [0.1, 0.15) is 6.61 Å². The lowest BCUT2D eigenvalue weighted by Gasteiger charge is -2.07. The standard InChI is InChI=1S/C23H18N2O3/c1-16-9-11-17(12-10-16)21-14-25-22(28-21)19-7-2-3-8-20(19)23(26)27-15-18-6-4-5-13-24-18/h2-14H,15H2,1H3. The molecule has 5 heteroatoms. The van der Waals surface area contributed by atoms with Crippen molar-refractivity contribution in [1.29, 1.82) is 0 Å². The largest absolute Gasteiger partial charge is 0.456 e. The Morgan fingerprint density at radius 3 is 2.54 bits per heavy atom. The summed E-state index contributed by atoms with van der Waals surface area (Å²) in [5.74, 6) is 0.573. The fraction of sp³-hybridized carbons (Fsp3) is 0.0870. The minimum Gasteiger partial charge on any atom is -0.456 e. The highest BCUT2D eigenvalue weighted by Gasteiger charge is 2.18. The molecule has 0 saturated carbocycles. The van der Waals surface area contributed by atoms with E-state index < -0.39 is 5.97 Å². The number of hydrogen-bond donors (Lipinski definition) is 0. The number of pyridine rings is 1. The molecule has 138 valence electrons. The van der Waals surface area contributed by atoms with Crippen LogP contribution in [-0.4, -0.2) is 15.9 Å². The van der Waals surface area contributed by atoms with Crippen LogP contribution in [0, 0.1) is 6.92 Å². The molecule has 0 aliphatic rings. The third kappa shape index (κ3) is 3.83. The molecule has 4 aromatic rings. The summed E-state index contributed by atoms with van der Waals surface area (Å²) in [4.78, 5) is 21.1. The summed E-state index contributed by atoms with van der Waals surface area (Å²) in [5, 5.41) is 0. The van der Waals surface area contributed by atoms with E-state index in [0.717, 1.165) is 5.56 Å². The van der Waals surface area contributed by atoms with Crippen LogP contribution in [0.1, 0.15) is 21.6 Å². The number of oxazole rings is 1. The van der Waals surface area contributed by atoms with Gasteiger partial charge in [-0.3, -0.25) is 4.98 Å². The van der Waals surface area contributed by atoms with E-state index in [-0.39, 0.29) is 6.61 Å². The fourth-order valence-corrected chi connectivity index (χ4v) is 2.80. The van der Waals surface area contributed by atoms with Crippen molar-refractivity contribution in [3.63, 3.8) is 0 Å². The lowest BCUT2D eigenvalue weighted by molar-refractivity contribution is 0.0468. The molecule has 0 aliphatic heterocycles. The van der Waals surface area contributed by atoms with Gasteiger partial charge in [-0.25, -0.2) is 9.78 Å². The Hall–Kier alpha value is -3.73. The van der Waals surface area contributed by atoms with Crippen molar-refractivity contribution in [2.75, 3.05) is 0 Å². The molecule has 0 unspecified atom stereocenters. The number of aromatic nitrogens is 2. The highest BCUT2D eigenvalue weighted by Crippen LogP contribution is 2.28. The Bertz CT molecular complexity index is 1090. The summed E-state index contributed by atoms with van der Waals surface area (Å²) in [7, 11) is 0. The molecule has 0 bridgehead atoms. The second-order valence-electron chi connectivity index (χ2n) is 6.34. The van der Waals surface area contributed by atoms with Crippen molar-refractivity contribution in [3.05, 3.63) is 95.9 Å². The van der Waals surface area contributed by atoms with Gasteiger partial charge in [0.25, 0.3) is 0 Å². The van der Waals surface area contributed by atoms with E-state index in [9.17, 15) is 4.79 Å². The maximum atomic E-state index is 12.6. The van der Waals surface area contributed by atoms with Gasteiger partial charge in [0.2, 0.25) is 5.89 Å². The van der Waals surface area contributed by atoms with Gasteiger partial charge < -0.3 is 9.15 Å². The van der Waals surface area contributed by atoms with Crippen molar-refractivity contribution in [2.24, 2.45) is 0 Å². The minimum absolute atomic E-state index is 0.105. The number of aryl methyl sites for hydroxylation is 1. The van der Waals surface area contributed by atoms with Gasteiger partial charge in [-0.2, -0.15) is 0 Å². The van der Waals surface area contributed by atoms with Gasteiger partial charge in [0.15, 0.2) is 5.76 Å². The number of hydrogen-bond acceptors (Lipinski definition) is 5.